The normalized spacial score (nSPS) is 52.0. The van der Waals surface area contributed by atoms with Crippen molar-refractivity contribution in [3.63, 3.8) is 0 Å². The van der Waals surface area contributed by atoms with Gasteiger partial charge in [-0.05, 0) is 19.3 Å². The van der Waals surface area contributed by atoms with E-state index in [2.05, 4.69) is 25.3 Å². The van der Waals surface area contributed by atoms with Crippen LogP contribution in [0.4, 0.5) is 0 Å². The summed E-state index contributed by atoms with van der Waals surface area (Å²) in [5.41, 5.74) is 2.81. The number of fused-ring (bicyclic) bond motifs is 5. The van der Waals surface area contributed by atoms with Crippen LogP contribution < -0.4 is 0 Å². The summed E-state index contributed by atoms with van der Waals surface area (Å²) in [6, 6.07) is 0. The third-order valence-electron chi connectivity index (χ3n) is 3.34. The Labute approximate surface area is 85.1 Å². The summed E-state index contributed by atoms with van der Waals surface area (Å²) < 4.78 is 12.0. The molecule has 0 spiro atoms. The van der Waals surface area contributed by atoms with Gasteiger partial charge < -0.3 is 0 Å². The third-order valence-corrected chi connectivity index (χ3v) is 7.05. The number of allylic oxidation sites excluding steroid dienone is 1. The first-order valence-electron chi connectivity index (χ1n) is 4.60. The van der Waals surface area contributed by atoms with Gasteiger partial charge in [0, 0.05) is 22.0 Å². The van der Waals surface area contributed by atoms with Gasteiger partial charge in [0.25, 0.3) is 0 Å². The highest BCUT2D eigenvalue weighted by atomic mass is 32.2. The minimum atomic E-state index is -0.615. The molecule has 2 bridgehead atoms. The topological polar surface area (TPSA) is 17.1 Å². The molecule has 3 heterocycles. The predicted molar refractivity (Wildman–Crippen MR) is 58.1 cm³/mol. The zero-order valence-corrected chi connectivity index (χ0v) is 9.32. The lowest BCUT2D eigenvalue weighted by Crippen LogP contribution is -2.25. The van der Waals surface area contributed by atoms with Crippen molar-refractivity contribution in [3.8, 4) is 0 Å². The van der Waals surface area contributed by atoms with Crippen LogP contribution in [0.5, 0.6) is 0 Å². The monoisotopic (exact) mass is 212 g/mol. The van der Waals surface area contributed by atoms with Crippen LogP contribution in [-0.4, -0.2) is 20.0 Å². The maximum absolute atomic E-state index is 12.0. The Balaban J connectivity index is 2.10. The van der Waals surface area contributed by atoms with E-state index in [9.17, 15) is 4.21 Å². The number of rotatable bonds is 0. The van der Waals surface area contributed by atoms with Gasteiger partial charge in [0.2, 0.25) is 0 Å². The molecule has 1 fully saturated rings. The van der Waals surface area contributed by atoms with E-state index in [-0.39, 0.29) is 0 Å². The summed E-state index contributed by atoms with van der Waals surface area (Å²) in [5.74, 6) is 0.584. The summed E-state index contributed by atoms with van der Waals surface area (Å²) in [7, 11) is -0.615. The van der Waals surface area contributed by atoms with Crippen molar-refractivity contribution in [1.82, 2.24) is 0 Å². The fraction of sp³-hybridized carbons (Fsp3) is 0.600. The molecule has 0 aromatic heterocycles. The smallest absolute Gasteiger partial charge is 0.0665 e. The second kappa shape index (κ2) is 2.51. The molecule has 3 aliphatic heterocycles. The van der Waals surface area contributed by atoms with Crippen LogP contribution in [0.25, 0.3) is 0 Å². The Kier molecular flexibility index (Phi) is 1.60. The quantitative estimate of drug-likeness (QED) is 0.572. The van der Waals surface area contributed by atoms with Gasteiger partial charge in [-0.25, -0.2) is 0 Å². The van der Waals surface area contributed by atoms with Crippen molar-refractivity contribution in [1.29, 1.82) is 0 Å². The second-order valence-corrected chi connectivity index (χ2v) is 6.87. The van der Waals surface area contributed by atoms with Crippen LogP contribution in [0.3, 0.4) is 0 Å². The number of hydrogen-bond acceptors (Lipinski definition) is 2. The van der Waals surface area contributed by atoms with E-state index in [0.717, 1.165) is 0 Å². The van der Waals surface area contributed by atoms with Crippen LogP contribution in [0.2, 0.25) is 0 Å². The zero-order valence-electron chi connectivity index (χ0n) is 7.69. The van der Waals surface area contributed by atoms with E-state index in [4.69, 9.17) is 0 Å². The fourth-order valence-electron chi connectivity index (χ4n) is 2.73. The highest BCUT2D eigenvalue weighted by Gasteiger charge is 2.55. The van der Waals surface area contributed by atoms with Crippen molar-refractivity contribution in [3.05, 3.63) is 22.6 Å². The standard InChI is InChI=1S/C10H12OS2/c1-5-3-7-9-8(6(2)4-12-9)10(5)13(7)11/h3-4,7-10H,1-2H3/t7-,8+,9+,10+,13?/m0/s1. The maximum atomic E-state index is 12.0. The van der Waals surface area contributed by atoms with Gasteiger partial charge in [0.15, 0.2) is 0 Å². The predicted octanol–water partition coefficient (Wildman–Crippen LogP) is 2.08. The highest BCUT2D eigenvalue weighted by molar-refractivity contribution is 8.04. The first-order valence-corrected chi connectivity index (χ1v) is 6.82. The molecule has 0 radical (unpaired) electrons. The molecule has 0 aliphatic carbocycles. The molecule has 0 aromatic carbocycles. The van der Waals surface area contributed by atoms with Crippen LogP contribution in [0.1, 0.15) is 13.8 Å². The summed E-state index contributed by atoms with van der Waals surface area (Å²) in [5, 5.41) is 3.54. The molecule has 0 N–H and O–H groups in total. The molecule has 0 aromatic rings. The first-order chi connectivity index (χ1) is 6.20. The maximum Gasteiger partial charge on any atom is 0.0665 e. The largest absolute Gasteiger partial charge is 0.258 e. The molecule has 0 amide bonds. The first kappa shape index (κ1) is 8.30. The summed E-state index contributed by atoms with van der Waals surface area (Å²) in [4.78, 5) is 0. The van der Waals surface area contributed by atoms with Crippen molar-refractivity contribution in [2.45, 2.75) is 29.6 Å². The van der Waals surface area contributed by atoms with E-state index in [1.807, 2.05) is 11.8 Å². The minimum Gasteiger partial charge on any atom is -0.258 e. The Hall–Kier alpha value is -0.0200. The third kappa shape index (κ3) is 0.873. The zero-order chi connectivity index (χ0) is 9.16. The van der Waals surface area contributed by atoms with Gasteiger partial charge in [-0.1, -0.05) is 17.2 Å². The van der Waals surface area contributed by atoms with Gasteiger partial charge in [-0.15, -0.1) is 11.8 Å². The van der Waals surface area contributed by atoms with Crippen LogP contribution in [0.15, 0.2) is 22.6 Å². The number of hydrogen-bond donors (Lipinski definition) is 0. The Morgan fingerprint density at radius 3 is 2.92 bits per heavy atom. The molecule has 13 heavy (non-hydrogen) atoms. The van der Waals surface area contributed by atoms with Crippen LogP contribution in [-0.2, 0) is 10.8 Å². The van der Waals surface area contributed by atoms with E-state index in [0.29, 0.717) is 21.7 Å². The van der Waals surface area contributed by atoms with Crippen LogP contribution >= 0.6 is 11.8 Å². The van der Waals surface area contributed by atoms with E-state index in [1.54, 1.807) is 0 Å². The number of thioether (sulfide) groups is 1. The van der Waals surface area contributed by atoms with Crippen LogP contribution in [0, 0.1) is 5.92 Å². The molecule has 0 saturated carbocycles. The van der Waals surface area contributed by atoms with E-state index >= 15 is 0 Å². The SMILES string of the molecule is CC1=CS[C@H]2[C@@H]1[C@H]1C(C)=C[C@@H]2S1=O. The van der Waals surface area contributed by atoms with E-state index in [1.165, 1.54) is 11.1 Å². The van der Waals surface area contributed by atoms with Crippen molar-refractivity contribution in [2.24, 2.45) is 5.92 Å². The summed E-state index contributed by atoms with van der Waals surface area (Å²) in [6.45, 7) is 4.32. The lowest BCUT2D eigenvalue weighted by atomic mass is 9.85. The molecule has 3 heteroatoms. The Morgan fingerprint density at radius 1 is 1.38 bits per heavy atom. The van der Waals surface area contributed by atoms with Gasteiger partial charge in [0.1, 0.15) is 0 Å². The van der Waals surface area contributed by atoms with Gasteiger partial charge in [-0.3, -0.25) is 4.21 Å². The van der Waals surface area contributed by atoms with Gasteiger partial charge in [0.05, 0.1) is 10.5 Å². The summed E-state index contributed by atoms with van der Waals surface area (Å²) >= 11 is 1.89. The Bertz CT molecular complexity index is 356. The molecular weight excluding hydrogens is 200 g/mol. The molecule has 1 unspecified atom stereocenters. The molecule has 3 rings (SSSR count). The molecule has 1 saturated heterocycles. The lowest BCUT2D eigenvalue weighted by Gasteiger charge is -2.21. The molecule has 70 valence electrons. The van der Waals surface area contributed by atoms with Crippen molar-refractivity contribution < 1.29 is 4.21 Å². The van der Waals surface area contributed by atoms with Gasteiger partial charge >= 0.3 is 0 Å². The summed E-state index contributed by atoms with van der Waals surface area (Å²) in [6.07, 6.45) is 2.24. The average molecular weight is 212 g/mol. The van der Waals surface area contributed by atoms with E-state index < -0.39 is 10.8 Å². The minimum absolute atomic E-state index is 0.341. The lowest BCUT2D eigenvalue weighted by molar-refractivity contribution is 0.613. The highest BCUT2D eigenvalue weighted by Crippen LogP contribution is 2.53. The molecule has 3 aliphatic rings. The van der Waals surface area contributed by atoms with Gasteiger partial charge in [-0.2, -0.15) is 0 Å². The molecular formula is C10H12OS2. The molecule has 5 atom stereocenters. The average Bonchev–Trinajstić information content (AvgIpc) is 2.65. The Morgan fingerprint density at radius 2 is 2.15 bits per heavy atom. The van der Waals surface area contributed by atoms with Crippen molar-refractivity contribution in [2.75, 3.05) is 0 Å². The van der Waals surface area contributed by atoms with Crippen molar-refractivity contribution >= 4 is 22.6 Å². The molecule has 1 nitrogen and oxygen atoms in total. The second-order valence-electron chi connectivity index (χ2n) is 4.11. The fourth-order valence-corrected chi connectivity index (χ4v) is 6.89.